The Hall–Kier alpha value is -2.69. The Morgan fingerprint density at radius 2 is 1.52 bits per heavy atom. The van der Waals surface area contributed by atoms with E-state index >= 15 is 0 Å². The third-order valence-corrected chi connectivity index (χ3v) is 3.67. The Bertz CT molecular complexity index is 688. The van der Waals surface area contributed by atoms with Crippen LogP contribution in [0.15, 0.2) is 48.5 Å². The van der Waals surface area contributed by atoms with Gasteiger partial charge in [-0.3, -0.25) is 0 Å². The molecule has 0 heterocycles. The van der Waals surface area contributed by atoms with E-state index in [0.717, 1.165) is 22.6 Å². The maximum atomic E-state index is 12.0. The minimum atomic E-state index is -0.138. The number of benzene rings is 2. The lowest BCUT2D eigenvalue weighted by Gasteiger charge is -2.18. The van der Waals surface area contributed by atoms with E-state index < -0.39 is 0 Å². The highest BCUT2D eigenvalue weighted by Crippen LogP contribution is 2.12. The number of hydrogen-bond donors (Lipinski definition) is 1. The molecular formula is C20H26N2O3. The first-order valence-electron chi connectivity index (χ1n) is 8.42. The van der Waals surface area contributed by atoms with Gasteiger partial charge in [0.25, 0.3) is 0 Å². The van der Waals surface area contributed by atoms with Gasteiger partial charge in [-0.25, -0.2) is 4.79 Å². The van der Waals surface area contributed by atoms with E-state index in [4.69, 9.17) is 9.47 Å². The molecule has 2 amide bonds. The van der Waals surface area contributed by atoms with Crippen LogP contribution < -0.4 is 14.8 Å². The minimum absolute atomic E-state index is 0.138. The second kappa shape index (κ2) is 9.57. The number of nitrogens with one attached hydrogen (secondary N) is 1. The molecule has 5 nitrogen and oxygen atoms in total. The fourth-order valence-corrected chi connectivity index (χ4v) is 2.27. The van der Waals surface area contributed by atoms with Gasteiger partial charge in [-0.05, 0) is 49.2 Å². The van der Waals surface area contributed by atoms with E-state index in [1.807, 2.05) is 62.4 Å². The predicted octanol–water partition coefficient (Wildman–Crippen LogP) is 3.40. The molecule has 2 aromatic rings. The number of rotatable bonds is 8. The average Bonchev–Trinajstić information content (AvgIpc) is 2.58. The third-order valence-electron chi connectivity index (χ3n) is 3.67. The SMILES string of the molecule is Cc1cccc(OCCNC(=O)N(C)CCOc2cccc(C)c2)c1. The van der Waals surface area contributed by atoms with Gasteiger partial charge in [0.1, 0.15) is 24.7 Å². The summed E-state index contributed by atoms with van der Waals surface area (Å²) in [5.74, 6) is 1.63. The van der Waals surface area contributed by atoms with E-state index in [1.165, 1.54) is 0 Å². The molecule has 0 aromatic heterocycles. The van der Waals surface area contributed by atoms with E-state index in [0.29, 0.717) is 26.3 Å². The lowest BCUT2D eigenvalue weighted by molar-refractivity contribution is 0.192. The molecule has 0 saturated heterocycles. The van der Waals surface area contributed by atoms with Crippen LogP contribution in [-0.4, -0.2) is 44.3 Å². The molecule has 2 aromatic carbocycles. The molecule has 0 aliphatic rings. The number of likely N-dealkylation sites (N-methyl/N-ethyl adjacent to an activating group) is 1. The summed E-state index contributed by atoms with van der Waals surface area (Å²) in [6.45, 7) is 5.89. The largest absolute Gasteiger partial charge is 0.492 e. The number of hydrogen-bond acceptors (Lipinski definition) is 3. The van der Waals surface area contributed by atoms with Crippen molar-refractivity contribution < 1.29 is 14.3 Å². The van der Waals surface area contributed by atoms with Crippen molar-refractivity contribution in [2.24, 2.45) is 0 Å². The molecule has 0 bridgehead atoms. The van der Waals surface area contributed by atoms with Crippen LogP contribution in [0.1, 0.15) is 11.1 Å². The van der Waals surface area contributed by atoms with Crippen molar-refractivity contribution in [3.8, 4) is 11.5 Å². The second-order valence-corrected chi connectivity index (χ2v) is 5.98. The molecule has 0 saturated carbocycles. The molecule has 0 aliphatic heterocycles. The molecule has 0 atom stereocenters. The van der Waals surface area contributed by atoms with E-state index in [2.05, 4.69) is 5.32 Å². The van der Waals surface area contributed by atoms with Crippen molar-refractivity contribution in [3.63, 3.8) is 0 Å². The number of carbonyl (C=O) groups is 1. The van der Waals surface area contributed by atoms with Gasteiger partial charge in [0.05, 0.1) is 13.1 Å². The van der Waals surface area contributed by atoms with Crippen molar-refractivity contribution in [2.45, 2.75) is 13.8 Å². The second-order valence-electron chi connectivity index (χ2n) is 5.98. The summed E-state index contributed by atoms with van der Waals surface area (Å²) in [7, 11) is 1.75. The van der Waals surface area contributed by atoms with Crippen LogP contribution >= 0.6 is 0 Å². The number of ether oxygens (including phenoxy) is 2. The van der Waals surface area contributed by atoms with Crippen LogP contribution in [0.3, 0.4) is 0 Å². The van der Waals surface area contributed by atoms with Gasteiger partial charge in [0, 0.05) is 7.05 Å². The Balaban J connectivity index is 1.61. The summed E-state index contributed by atoms with van der Waals surface area (Å²) in [6, 6.07) is 15.6. The Morgan fingerprint density at radius 1 is 0.960 bits per heavy atom. The molecule has 0 fully saturated rings. The standard InChI is InChI=1S/C20H26N2O3/c1-16-6-4-8-18(14-16)24-12-10-21-20(23)22(3)11-13-25-19-9-5-7-17(2)15-19/h4-9,14-15H,10-13H2,1-3H3,(H,21,23). The smallest absolute Gasteiger partial charge is 0.317 e. The summed E-state index contributed by atoms with van der Waals surface area (Å²) in [6.07, 6.45) is 0. The zero-order valence-electron chi connectivity index (χ0n) is 15.1. The number of nitrogens with zero attached hydrogens (tertiary/aromatic N) is 1. The van der Waals surface area contributed by atoms with E-state index in [9.17, 15) is 4.79 Å². The molecule has 2 rings (SSSR count). The molecule has 0 unspecified atom stereocenters. The van der Waals surface area contributed by atoms with Gasteiger partial charge in [-0.2, -0.15) is 0 Å². The summed E-state index contributed by atoms with van der Waals surface area (Å²) in [5.41, 5.74) is 2.30. The fourth-order valence-electron chi connectivity index (χ4n) is 2.27. The van der Waals surface area contributed by atoms with Gasteiger partial charge < -0.3 is 19.7 Å². The monoisotopic (exact) mass is 342 g/mol. The van der Waals surface area contributed by atoms with Crippen LogP contribution in [0.4, 0.5) is 4.79 Å². The Labute approximate surface area is 149 Å². The quantitative estimate of drug-likeness (QED) is 0.748. The number of urea groups is 1. The number of aryl methyl sites for hydroxylation is 2. The predicted molar refractivity (Wildman–Crippen MR) is 99.4 cm³/mol. The summed E-state index contributed by atoms with van der Waals surface area (Å²) in [5, 5.41) is 2.83. The number of amides is 2. The third kappa shape index (κ3) is 6.75. The van der Waals surface area contributed by atoms with Crippen LogP contribution in [0, 0.1) is 13.8 Å². The topological polar surface area (TPSA) is 50.8 Å². The van der Waals surface area contributed by atoms with Gasteiger partial charge in [-0.15, -0.1) is 0 Å². The van der Waals surface area contributed by atoms with E-state index in [1.54, 1.807) is 11.9 Å². The zero-order chi connectivity index (χ0) is 18.1. The molecule has 25 heavy (non-hydrogen) atoms. The maximum Gasteiger partial charge on any atom is 0.317 e. The van der Waals surface area contributed by atoms with Gasteiger partial charge in [0.2, 0.25) is 0 Å². The summed E-state index contributed by atoms with van der Waals surface area (Å²) >= 11 is 0. The Kier molecular flexibility index (Phi) is 7.14. The van der Waals surface area contributed by atoms with Crippen molar-refractivity contribution in [1.29, 1.82) is 0 Å². The molecule has 0 aliphatic carbocycles. The van der Waals surface area contributed by atoms with Crippen molar-refractivity contribution in [3.05, 3.63) is 59.7 Å². The lowest BCUT2D eigenvalue weighted by atomic mass is 10.2. The van der Waals surface area contributed by atoms with E-state index in [-0.39, 0.29) is 6.03 Å². The van der Waals surface area contributed by atoms with Crippen LogP contribution in [0.5, 0.6) is 11.5 Å². The highest BCUT2D eigenvalue weighted by atomic mass is 16.5. The summed E-state index contributed by atoms with van der Waals surface area (Å²) < 4.78 is 11.3. The van der Waals surface area contributed by atoms with Gasteiger partial charge in [0.15, 0.2) is 0 Å². The molecule has 134 valence electrons. The van der Waals surface area contributed by atoms with Crippen molar-refractivity contribution in [2.75, 3.05) is 33.4 Å². The van der Waals surface area contributed by atoms with Crippen LogP contribution in [0.2, 0.25) is 0 Å². The molecular weight excluding hydrogens is 316 g/mol. The molecule has 0 spiro atoms. The van der Waals surface area contributed by atoms with Crippen molar-refractivity contribution >= 4 is 6.03 Å². The minimum Gasteiger partial charge on any atom is -0.492 e. The number of carbonyl (C=O) groups excluding carboxylic acids is 1. The average molecular weight is 342 g/mol. The molecule has 0 radical (unpaired) electrons. The zero-order valence-corrected chi connectivity index (χ0v) is 15.1. The lowest BCUT2D eigenvalue weighted by Crippen LogP contribution is -2.40. The first-order valence-corrected chi connectivity index (χ1v) is 8.42. The van der Waals surface area contributed by atoms with Gasteiger partial charge in [-0.1, -0.05) is 24.3 Å². The maximum absolute atomic E-state index is 12.0. The highest BCUT2D eigenvalue weighted by Gasteiger charge is 2.07. The fraction of sp³-hybridized carbons (Fsp3) is 0.350. The van der Waals surface area contributed by atoms with Crippen LogP contribution in [-0.2, 0) is 0 Å². The first-order chi connectivity index (χ1) is 12.0. The Morgan fingerprint density at radius 3 is 2.08 bits per heavy atom. The summed E-state index contributed by atoms with van der Waals surface area (Å²) in [4.78, 5) is 13.6. The first kappa shape index (κ1) is 18.6. The highest BCUT2D eigenvalue weighted by molar-refractivity contribution is 5.73. The molecule has 5 heteroatoms. The van der Waals surface area contributed by atoms with Crippen LogP contribution in [0.25, 0.3) is 0 Å². The van der Waals surface area contributed by atoms with Crippen molar-refractivity contribution in [1.82, 2.24) is 10.2 Å². The van der Waals surface area contributed by atoms with Gasteiger partial charge >= 0.3 is 6.03 Å². The normalized spacial score (nSPS) is 10.2. The molecule has 1 N–H and O–H groups in total.